The van der Waals surface area contributed by atoms with Gasteiger partial charge in [-0.05, 0) is 55.8 Å². The minimum Gasteiger partial charge on any atom is -0.459 e. The lowest BCUT2D eigenvalue weighted by molar-refractivity contribution is -0.234. The number of hydrogen-bond acceptors (Lipinski definition) is 3. The fraction of sp³-hybridized carbons (Fsp3) is 0.941. The minimum atomic E-state index is -0.912. The van der Waals surface area contributed by atoms with Crippen LogP contribution in [0.1, 0.15) is 60.3 Å². The molecule has 20 heavy (non-hydrogen) atoms. The largest absolute Gasteiger partial charge is 0.459 e. The van der Waals surface area contributed by atoms with Crippen molar-refractivity contribution in [2.45, 2.75) is 72.0 Å². The molecule has 3 aliphatic rings. The van der Waals surface area contributed by atoms with E-state index in [4.69, 9.17) is 4.74 Å². The van der Waals surface area contributed by atoms with Crippen molar-refractivity contribution in [1.29, 1.82) is 0 Å². The third-order valence-electron chi connectivity index (χ3n) is 7.36. The Kier molecular flexibility index (Phi) is 2.87. The second kappa shape index (κ2) is 4.00. The quantitative estimate of drug-likeness (QED) is 0.751. The lowest BCUT2D eigenvalue weighted by atomic mass is 9.49. The van der Waals surface area contributed by atoms with Crippen LogP contribution in [0.3, 0.4) is 0 Å². The first-order valence-electron chi connectivity index (χ1n) is 8.04. The maximum absolute atomic E-state index is 11.4. The molecule has 6 atom stereocenters. The molecule has 0 unspecified atom stereocenters. The standard InChI is InChI=1S/C17H28O3/c1-10-6-7-17-13(10)8-12(15(17,3)4)9-14(16(17,5)19)20-11(2)18/h10,12-14,19H,6-9H2,1-5H3/t10-,12-,13-,14+,16-,17+/m1/s1. The van der Waals surface area contributed by atoms with Crippen molar-refractivity contribution in [1.82, 2.24) is 0 Å². The Balaban J connectivity index is 2.08. The molecular weight excluding hydrogens is 252 g/mol. The van der Waals surface area contributed by atoms with E-state index in [1.165, 1.54) is 19.8 Å². The van der Waals surface area contributed by atoms with Gasteiger partial charge >= 0.3 is 5.97 Å². The molecule has 0 heterocycles. The second-order valence-corrected chi connectivity index (χ2v) is 8.23. The molecule has 1 N–H and O–H groups in total. The van der Waals surface area contributed by atoms with Crippen LogP contribution in [0, 0.1) is 28.6 Å². The Morgan fingerprint density at radius 2 is 1.90 bits per heavy atom. The summed E-state index contributed by atoms with van der Waals surface area (Å²) >= 11 is 0. The topological polar surface area (TPSA) is 46.5 Å². The lowest BCUT2D eigenvalue weighted by Gasteiger charge is -2.59. The molecule has 114 valence electrons. The first kappa shape index (κ1) is 14.4. The predicted molar refractivity (Wildman–Crippen MR) is 77.0 cm³/mol. The van der Waals surface area contributed by atoms with Gasteiger partial charge in [0.05, 0.1) is 0 Å². The zero-order valence-electron chi connectivity index (χ0n) is 13.4. The van der Waals surface area contributed by atoms with Gasteiger partial charge in [0.2, 0.25) is 0 Å². The molecule has 0 aromatic carbocycles. The number of carbonyl (C=O) groups excluding carboxylic acids is 1. The minimum absolute atomic E-state index is 0.0948. The summed E-state index contributed by atoms with van der Waals surface area (Å²) in [5.41, 5.74) is -0.879. The highest BCUT2D eigenvalue weighted by atomic mass is 16.6. The Morgan fingerprint density at radius 3 is 2.50 bits per heavy atom. The molecule has 0 saturated heterocycles. The zero-order valence-corrected chi connectivity index (χ0v) is 13.4. The van der Waals surface area contributed by atoms with E-state index in [0.29, 0.717) is 17.8 Å². The van der Waals surface area contributed by atoms with Crippen LogP contribution in [0.5, 0.6) is 0 Å². The molecule has 3 nitrogen and oxygen atoms in total. The van der Waals surface area contributed by atoms with Crippen molar-refractivity contribution >= 4 is 5.97 Å². The molecule has 1 spiro atoms. The number of esters is 1. The molecule has 0 aliphatic heterocycles. The van der Waals surface area contributed by atoms with Crippen LogP contribution in [0.25, 0.3) is 0 Å². The molecule has 0 radical (unpaired) electrons. The summed E-state index contributed by atoms with van der Waals surface area (Å²) in [5.74, 6) is 1.52. The number of fused-ring (bicyclic) bond motifs is 1. The third-order valence-corrected chi connectivity index (χ3v) is 7.36. The summed E-state index contributed by atoms with van der Waals surface area (Å²) in [6.07, 6.45) is 3.90. The highest BCUT2D eigenvalue weighted by Gasteiger charge is 2.75. The summed E-state index contributed by atoms with van der Waals surface area (Å²) in [6.45, 7) is 10.4. The van der Waals surface area contributed by atoms with Crippen LogP contribution in [0.4, 0.5) is 0 Å². The van der Waals surface area contributed by atoms with Crippen molar-refractivity contribution in [3.63, 3.8) is 0 Å². The highest BCUT2D eigenvalue weighted by molar-refractivity contribution is 5.66. The van der Waals surface area contributed by atoms with Crippen molar-refractivity contribution in [3.8, 4) is 0 Å². The van der Waals surface area contributed by atoms with Gasteiger partial charge in [0, 0.05) is 12.3 Å². The van der Waals surface area contributed by atoms with E-state index in [2.05, 4.69) is 20.8 Å². The monoisotopic (exact) mass is 280 g/mol. The van der Waals surface area contributed by atoms with Gasteiger partial charge in [0.25, 0.3) is 0 Å². The predicted octanol–water partition coefficient (Wildman–Crippen LogP) is 3.15. The van der Waals surface area contributed by atoms with Gasteiger partial charge in [-0.15, -0.1) is 0 Å². The number of aliphatic hydroxyl groups is 1. The molecule has 3 saturated carbocycles. The van der Waals surface area contributed by atoms with E-state index in [-0.39, 0.29) is 22.9 Å². The van der Waals surface area contributed by atoms with E-state index in [1.54, 1.807) is 0 Å². The van der Waals surface area contributed by atoms with E-state index in [0.717, 1.165) is 12.8 Å². The molecule has 2 bridgehead atoms. The van der Waals surface area contributed by atoms with Crippen molar-refractivity contribution < 1.29 is 14.6 Å². The first-order valence-corrected chi connectivity index (χ1v) is 8.04. The highest BCUT2D eigenvalue weighted by Crippen LogP contribution is 2.75. The molecular formula is C17H28O3. The summed E-state index contributed by atoms with van der Waals surface area (Å²) in [5, 5.41) is 11.4. The van der Waals surface area contributed by atoms with E-state index >= 15 is 0 Å². The van der Waals surface area contributed by atoms with Crippen LogP contribution >= 0.6 is 0 Å². The maximum Gasteiger partial charge on any atom is 0.303 e. The smallest absolute Gasteiger partial charge is 0.303 e. The third kappa shape index (κ3) is 1.43. The lowest BCUT2D eigenvalue weighted by Crippen LogP contribution is -2.64. The van der Waals surface area contributed by atoms with Crippen LogP contribution in [-0.4, -0.2) is 22.8 Å². The van der Waals surface area contributed by atoms with Gasteiger partial charge < -0.3 is 9.84 Å². The molecule has 0 aromatic rings. The fourth-order valence-electron chi connectivity index (χ4n) is 6.34. The normalized spacial score (nSPS) is 52.7. The van der Waals surface area contributed by atoms with E-state index in [1.807, 2.05) is 6.92 Å². The van der Waals surface area contributed by atoms with Crippen LogP contribution in [0.15, 0.2) is 0 Å². The number of carbonyl (C=O) groups is 1. The Labute approximate surface area is 122 Å². The Bertz CT molecular complexity index is 440. The SMILES string of the molecule is CC(=O)O[C@H]1C[C@H]2C[C@@H]3[C@H](C)CC[C@]3(C2(C)C)[C@]1(C)O. The zero-order chi connectivity index (χ0) is 14.9. The molecule has 3 fully saturated rings. The van der Waals surface area contributed by atoms with Gasteiger partial charge in [0.15, 0.2) is 0 Å². The number of hydrogen-bond donors (Lipinski definition) is 1. The van der Waals surface area contributed by atoms with Crippen LogP contribution < -0.4 is 0 Å². The van der Waals surface area contributed by atoms with Crippen molar-refractivity contribution in [2.24, 2.45) is 28.6 Å². The molecule has 3 aliphatic carbocycles. The second-order valence-electron chi connectivity index (χ2n) is 8.23. The summed E-state index contributed by atoms with van der Waals surface area (Å²) < 4.78 is 5.53. The maximum atomic E-state index is 11.4. The van der Waals surface area contributed by atoms with Crippen LogP contribution in [-0.2, 0) is 9.53 Å². The van der Waals surface area contributed by atoms with Crippen LogP contribution in [0.2, 0.25) is 0 Å². The van der Waals surface area contributed by atoms with Crippen molar-refractivity contribution in [2.75, 3.05) is 0 Å². The number of rotatable bonds is 1. The van der Waals surface area contributed by atoms with E-state index in [9.17, 15) is 9.90 Å². The van der Waals surface area contributed by atoms with Crippen molar-refractivity contribution in [3.05, 3.63) is 0 Å². The van der Waals surface area contributed by atoms with Gasteiger partial charge in [-0.2, -0.15) is 0 Å². The molecule has 0 aromatic heterocycles. The summed E-state index contributed by atoms with van der Waals surface area (Å²) in [7, 11) is 0. The molecule has 0 amide bonds. The van der Waals surface area contributed by atoms with Gasteiger partial charge in [-0.1, -0.05) is 20.8 Å². The number of ether oxygens (including phenoxy) is 1. The fourth-order valence-corrected chi connectivity index (χ4v) is 6.34. The first-order chi connectivity index (χ1) is 9.14. The van der Waals surface area contributed by atoms with Gasteiger partial charge in [0.1, 0.15) is 11.7 Å². The molecule has 3 heteroatoms. The van der Waals surface area contributed by atoms with Gasteiger partial charge in [-0.3, -0.25) is 4.79 Å². The Hall–Kier alpha value is -0.570. The van der Waals surface area contributed by atoms with E-state index < -0.39 is 5.60 Å². The summed E-state index contributed by atoms with van der Waals surface area (Å²) in [4.78, 5) is 11.4. The Morgan fingerprint density at radius 1 is 1.25 bits per heavy atom. The average Bonchev–Trinajstić information content (AvgIpc) is 2.71. The van der Waals surface area contributed by atoms with Gasteiger partial charge in [-0.25, -0.2) is 0 Å². The average molecular weight is 280 g/mol. The summed E-state index contributed by atoms with van der Waals surface area (Å²) in [6, 6.07) is 0. The molecule has 3 rings (SSSR count).